The molecule has 2 rings (SSSR count). The van der Waals surface area contributed by atoms with Gasteiger partial charge in [0.1, 0.15) is 0 Å². The van der Waals surface area contributed by atoms with Crippen molar-refractivity contribution in [1.29, 1.82) is 0 Å². The van der Waals surface area contributed by atoms with Gasteiger partial charge in [-0.05, 0) is 19.3 Å². The highest BCUT2D eigenvalue weighted by Crippen LogP contribution is 2.37. The van der Waals surface area contributed by atoms with E-state index in [1.165, 1.54) is 0 Å². The highest BCUT2D eigenvalue weighted by atomic mass is 35.5. The molecular formula is C8H16ClN3O. The largest absolute Gasteiger partial charge is 0.356 e. The minimum absolute atomic E-state index is 0. The summed E-state index contributed by atoms with van der Waals surface area (Å²) in [6.45, 7) is 2.56. The molecule has 0 aromatic rings. The van der Waals surface area contributed by atoms with Crippen LogP contribution in [0.4, 0.5) is 0 Å². The first kappa shape index (κ1) is 10.8. The maximum atomic E-state index is 11.5. The molecular weight excluding hydrogens is 190 g/mol. The van der Waals surface area contributed by atoms with Crippen molar-refractivity contribution in [2.24, 2.45) is 11.3 Å². The Balaban J connectivity index is 0.000000845. The Morgan fingerprint density at radius 1 is 1.31 bits per heavy atom. The molecule has 2 fully saturated rings. The first-order valence-electron chi connectivity index (χ1n) is 4.51. The average Bonchev–Trinajstić information content (AvgIpc) is 2.41. The number of nitrogens with zero attached hydrogens (tertiary/aromatic N) is 1. The molecule has 0 radical (unpaired) electrons. The van der Waals surface area contributed by atoms with Crippen LogP contribution in [0.1, 0.15) is 19.3 Å². The van der Waals surface area contributed by atoms with Crippen LogP contribution in [0.5, 0.6) is 0 Å². The lowest BCUT2D eigenvalue weighted by molar-refractivity contribution is -0.130. The van der Waals surface area contributed by atoms with Crippen LogP contribution < -0.4 is 11.2 Å². The number of hydrogen-bond acceptors (Lipinski definition) is 3. The Kier molecular flexibility index (Phi) is 3.16. The first-order valence-corrected chi connectivity index (χ1v) is 4.51. The van der Waals surface area contributed by atoms with Crippen molar-refractivity contribution < 1.29 is 4.79 Å². The van der Waals surface area contributed by atoms with Crippen LogP contribution in [-0.4, -0.2) is 30.6 Å². The van der Waals surface area contributed by atoms with Crippen LogP contribution in [0.2, 0.25) is 0 Å². The standard InChI is InChI=1S/C8H15N3O.ClH/c9-11-5-2-8(3-6-11)1-4-10-7(8)12;/h1-6,9H2,(H,10,12);1H. The summed E-state index contributed by atoms with van der Waals surface area (Å²) in [5.74, 6) is 5.88. The summed E-state index contributed by atoms with van der Waals surface area (Å²) in [6.07, 6.45) is 2.85. The quantitative estimate of drug-likeness (QED) is 0.543. The lowest BCUT2D eigenvalue weighted by Crippen LogP contribution is -2.46. The summed E-state index contributed by atoms with van der Waals surface area (Å²) in [5.41, 5.74) is -0.0597. The van der Waals surface area contributed by atoms with Crippen LogP contribution in [0, 0.1) is 5.41 Å². The van der Waals surface area contributed by atoms with Crippen molar-refractivity contribution >= 4 is 18.3 Å². The third-order valence-electron chi connectivity index (χ3n) is 3.13. The van der Waals surface area contributed by atoms with E-state index in [-0.39, 0.29) is 23.7 Å². The number of amides is 1. The van der Waals surface area contributed by atoms with Gasteiger partial charge in [0.15, 0.2) is 0 Å². The molecule has 0 bridgehead atoms. The Morgan fingerprint density at radius 2 is 1.92 bits per heavy atom. The van der Waals surface area contributed by atoms with Gasteiger partial charge in [0, 0.05) is 19.6 Å². The Morgan fingerprint density at radius 3 is 2.38 bits per heavy atom. The number of hydrazine groups is 1. The number of carbonyl (C=O) groups excluding carboxylic acids is 1. The van der Waals surface area contributed by atoms with E-state index in [0.717, 1.165) is 38.9 Å². The van der Waals surface area contributed by atoms with E-state index in [1.807, 2.05) is 0 Å². The summed E-state index contributed by atoms with van der Waals surface area (Å²) in [5, 5.41) is 4.70. The highest BCUT2D eigenvalue weighted by Gasteiger charge is 2.43. The Bertz CT molecular complexity index is 202. The van der Waals surface area contributed by atoms with Gasteiger partial charge in [-0.2, -0.15) is 0 Å². The molecule has 0 saturated carbocycles. The second-order valence-electron chi connectivity index (χ2n) is 3.82. The zero-order valence-corrected chi connectivity index (χ0v) is 8.40. The second kappa shape index (κ2) is 3.82. The molecule has 2 heterocycles. The summed E-state index contributed by atoms with van der Waals surface area (Å²) >= 11 is 0. The van der Waals surface area contributed by atoms with Crippen molar-refractivity contribution in [1.82, 2.24) is 10.3 Å². The molecule has 1 spiro atoms. The Hall–Kier alpha value is -0.320. The van der Waals surface area contributed by atoms with E-state index >= 15 is 0 Å². The number of piperidine rings is 1. The molecule has 2 saturated heterocycles. The molecule has 0 unspecified atom stereocenters. The number of rotatable bonds is 0. The summed E-state index contributed by atoms with van der Waals surface area (Å²) in [7, 11) is 0. The number of nitrogens with two attached hydrogens (primary N) is 1. The van der Waals surface area contributed by atoms with Crippen LogP contribution in [0.15, 0.2) is 0 Å². The topological polar surface area (TPSA) is 58.4 Å². The minimum atomic E-state index is -0.0597. The number of nitrogens with one attached hydrogen (secondary N) is 1. The van der Waals surface area contributed by atoms with Gasteiger partial charge < -0.3 is 5.32 Å². The van der Waals surface area contributed by atoms with E-state index in [2.05, 4.69) is 5.32 Å². The fraction of sp³-hybridized carbons (Fsp3) is 0.875. The van der Waals surface area contributed by atoms with E-state index in [0.29, 0.717) is 0 Å². The smallest absolute Gasteiger partial charge is 0.226 e. The predicted octanol–water partition coefficient (Wildman–Crippen LogP) is -0.116. The van der Waals surface area contributed by atoms with Gasteiger partial charge in [0.25, 0.3) is 0 Å². The molecule has 76 valence electrons. The second-order valence-corrected chi connectivity index (χ2v) is 3.82. The summed E-state index contributed by atoms with van der Waals surface area (Å²) in [4.78, 5) is 11.5. The van der Waals surface area contributed by atoms with Crippen LogP contribution >= 0.6 is 12.4 Å². The molecule has 0 aliphatic carbocycles. The predicted molar refractivity (Wildman–Crippen MR) is 52.3 cm³/mol. The molecule has 1 amide bonds. The van der Waals surface area contributed by atoms with Crippen molar-refractivity contribution in [3.8, 4) is 0 Å². The molecule has 2 aliphatic heterocycles. The molecule has 0 aromatic heterocycles. The number of carbonyl (C=O) groups is 1. The molecule has 2 aliphatic rings. The van der Waals surface area contributed by atoms with E-state index in [4.69, 9.17) is 5.84 Å². The molecule has 0 aromatic carbocycles. The highest BCUT2D eigenvalue weighted by molar-refractivity contribution is 5.85. The van der Waals surface area contributed by atoms with Gasteiger partial charge in [-0.3, -0.25) is 10.6 Å². The maximum Gasteiger partial charge on any atom is 0.226 e. The minimum Gasteiger partial charge on any atom is -0.356 e. The fourth-order valence-electron chi connectivity index (χ4n) is 2.15. The van der Waals surface area contributed by atoms with Gasteiger partial charge in [-0.25, -0.2) is 5.01 Å². The lowest BCUT2D eigenvalue weighted by atomic mass is 9.77. The van der Waals surface area contributed by atoms with E-state index < -0.39 is 0 Å². The van der Waals surface area contributed by atoms with Crippen molar-refractivity contribution in [2.75, 3.05) is 19.6 Å². The molecule has 3 N–H and O–H groups in total. The van der Waals surface area contributed by atoms with Crippen molar-refractivity contribution in [3.63, 3.8) is 0 Å². The van der Waals surface area contributed by atoms with Crippen LogP contribution in [0.25, 0.3) is 0 Å². The molecule has 0 atom stereocenters. The lowest BCUT2D eigenvalue weighted by Gasteiger charge is -2.34. The Labute approximate surface area is 84.2 Å². The van der Waals surface area contributed by atoms with Gasteiger partial charge in [-0.1, -0.05) is 0 Å². The van der Waals surface area contributed by atoms with Gasteiger partial charge in [0.2, 0.25) is 5.91 Å². The average molecular weight is 206 g/mol. The monoisotopic (exact) mass is 205 g/mol. The van der Waals surface area contributed by atoms with E-state index in [9.17, 15) is 4.79 Å². The fourth-order valence-corrected chi connectivity index (χ4v) is 2.15. The third kappa shape index (κ3) is 1.80. The summed E-state index contributed by atoms with van der Waals surface area (Å²) < 4.78 is 0. The van der Waals surface area contributed by atoms with Crippen molar-refractivity contribution in [2.45, 2.75) is 19.3 Å². The summed E-state index contributed by atoms with van der Waals surface area (Å²) in [6, 6.07) is 0. The number of halogens is 1. The molecule has 13 heavy (non-hydrogen) atoms. The van der Waals surface area contributed by atoms with Gasteiger partial charge >= 0.3 is 0 Å². The molecule has 5 heteroatoms. The zero-order chi connectivity index (χ0) is 8.60. The third-order valence-corrected chi connectivity index (χ3v) is 3.13. The number of hydrogen-bond donors (Lipinski definition) is 2. The van der Waals surface area contributed by atoms with Crippen LogP contribution in [0.3, 0.4) is 0 Å². The normalized spacial score (nSPS) is 27.0. The van der Waals surface area contributed by atoms with E-state index in [1.54, 1.807) is 5.01 Å². The molecule has 4 nitrogen and oxygen atoms in total. The van der Waals surface area contributed by atoms with Gasteiger partial charge in [0.05, 0.1) is 5.41 Å². The first-order chi connectivity index (χ1) is 5.73. The maximum absolute atomic E-state index is 11.5. The zero-order valence-electron chi connectivity index (χ0n) is 7.58. The van der Waals surface area contributed by atoms with Gasteiger partial charge in [-0.15, -0.1) is 12.4 Å². The van der Waals surface area contributed by atoms with Crippen LogP contribution in [-0.2, 0) is 4.79 Å². The SMILES string of the molecule is Cl.NN1CCC2(CCNC2=O)CC1. The van der Waals surface area contributed by atoms with Crippen molar-refractivity contribution in [3.05, 3.63) is 0 Å².